The van der Waals surface area contributed by atoms with E-state index in [-0.39, 0.29) is 41.5 Å². The van der Waals surface area contributed by atoms with Crippen LogP contribution >= 0.6 is 0 Å². The molecular formula is C26H27FN2O4. The summed E-state index contributed by atoms with van der Waals surface area (Å²) in [5.74, 6) is -0.721. The molecule has 0 bridgehead atoms. The minimum Gasteiger partial charge on any atom is -0.466 e. The number of piperidine rings is 1. The van der Waals surface area contributed by atoms with Crippen molar-refractivity contribution in [1.82, 2.24) is 9.88 Å². The van der Waals surface area contributed by atoms with Gasteiger partial charge in [0.2, 0.25) is 5.56 Å². The van der Waals surface area contributed by atoms with E-state index in [0.29, 0.717) is 43.6 Å². The van der Waals surface area contributed by atoms with E-state index in [1.807, 2.05) is 18.2 Å². The van der Waals surface area contributed by atoms with Gasteiger partial charge in [0.15, 0.2) is 0 Å². The fourth-order valence-electron chi connectivity index (χ4n) is 4.72. The van der Waals surface area contributed by atoms with Crippen molar-refractivity contribution in [1.29, 1.82) is 0 Å². The van der Waals surface area contributed by atoms with Crippen LogP contribution in [0.25, 0.3) is 10.9 Å². The molecule has 33 heavy (non-hydrogen) atoms. The summed E-state index contributed by atoms with van der Waals surface area (Å²) in [6, 6.07) is 14.9. The molecule has 3 aromatic rings. The van der Waals surface area contributed by atoms with E-state index in [2.05, 4.69) is 4.98 Å². The molecule has 1 N–H and O–H groups in total. The zero-order chi connectivity index (χ0) is 23.4. The van der Waals surface area contributed by atoms with Crippen molar-refractivity contribution in [2.75, 3.05) is 19.7 Å². The van der Waals surface area contributed by atoms with E-state index < -0.39 is 0 Å². The number of carbonyl (C=O) groups is 2. The molecule has 7 heteroatoms. The minimum absolute atomic E-state index is 0.109. The molecule has 1 amide bonds. The number of ether oxygens (including phenoxy) is 1. The van der Waals surface area contributed by atoms with Gasteiger partial charge in [-0.2, -0.15) is 0 Å². The van der Waals surface area contributed by atoms with E-state index in [1.165, 1.54) is 18.2 Å². The van der Waals surface area contributed by atoms with Gasteiger partial charge in [-0.1, -0.05) is 30.3 Å². The summed E-state index contributed by atoms with van der Waals surface area (Å²) in [4.78, 5) is 42.1. The second-order valence-corrected chi connectivity index (χ2v) is 8.39. The Hall–Kier alpha value is -3.48. The molecule has 2 heterocycles. The number of hydrogen-bond acceptors (Lipinski definition) is 4. The van der Waals surface area contributed by atoms with Gasteiger partial charge in [-0.15, -0.1) is 0 Å². The molecule has 1 atom stereocenters. The average Bonchev–Trinajstić information content (AvgIpc) is 2.82. The monoisotopic (exact) mass is 450 g/mol. The maximum Gasteiger partial charge on any atom is 0.306 e. The van der Waals surface area contributed by atoms with Gasteiger partial charge in [-0.3, -0.25) is 14.4 Å². The number of amides is 1. The molecule has 172 valence electrons. The summed E-state index contributed by atoms with van der Waals surface area (Å²) in [6.45, 7) is 3.12. The number of halogens is 1. The highest BCUT2D eigenvalue weighted by molar-refractivity contribution is 6.05. The molecule has 1 aromatic heterocycles. The number of nitrogens with zero attached hydrogens (tertiary/aromatic N) is 1. The van der Waals surface area contributed by atoms with Crippen LogP contribution in [0.4, 0.5) is 4.39 Å². The molecule has 6 nitrogen and oxygen atoms in total. The molecule has 0 spiro atoms. The molecule has 1 saturated heterocycles. The Labute approximate surface area is 191 Å². The Kier molecular flexibility index (Phi) is 6.87. The topological polar surface area (TPSA) is 79.5 Å². The van der Waals surface area contributed by atoms with Crippen LogP contribution in [0.5, 0.6) is 0 Å². The van der Waals surface area contributed by atoms with Gasteiger partial charge >= 0.3 is 5.97 Å². The van der Waals surface area contributed by atoms with Crippen LogP contribution in [-0.2, 0) is 9.53 Å². The number of fused-ring (bicyclic) bond motifs is 1. The number of esters is 1. The molecule has 2 aromatic carbocycles. The van der Waals surface area contributed by atoms with Crippen molar-refractivity contribution in [3.63, 3.8) is 0 Å². The van der Waals surface area contributed by atoms with Crippen LogP contribution in [0, 0.1) is 11.7 Å². The lowest BCUT2D eigenvalue weighted by Gasteiger charge is -2.36. The Bertz CT molecular complexity index is 1200. The van der Waals surface area contributed by atoms with E-state index >= 15 is 0 Å². The number of likely N-dealkylation sites (tertiary alicyclic amines) is 1. The average molecular weight is 451 g/mol. The van der Waals surface area contributed by atoms with Crippen LogP contribution in [0.1, 0.15) is 48.0 Å². The van der Waals surface area contributed by atoms with Gasteiger partial charge in [-0.25, -0.2) is 4.39 Å². The van der Waals surface area contributed by atoms with Crippen molar-refractivity contribution < 1.29 is 18.7 Å². The van der Waals surface area contributed by atoms with Crippen LogP contribution in [0.3, 0.4) is 0 Å². The van der Waals surface area contributed by atoms with E-state index in [1.54, 1.807) is 30.0 Å². The highest BCUT2D eigenvalue weighted by Crippen LogP contribution is 2.36. The van der Waals surface area contributed by atoms with Crippen LogP contribution < -0.4 is 5.56 Å². The predicted octanol–water partition coefficient (Wildman–Crippen LogP) is 4.26. The molecule has 4 rings (SSSR count). The SMILES string of the molecule is CCOC(=O)C[C@H](c1ccc(F)cc1)C1CCN(C(=O)c2cc(=O)[nH]c3ccccc23)CC1. The summed E-state index contributed by atoms with van der Waals surface area (Å²) in [6.07, 6.45) is 1.62. The maximum atomic E-state index is 13.5. The largest absolute Gasteiger partial charge is 0.466 e. The number of nitrogens with one attached hydrogen (secondary N) is 1. The minimum atomic E-state index is -0.320. The first kappa shape index (κ1) is 22.7. The van der Waals surface area contributed by atoms with Crippen molar-refractivity contribution in [3.05, 3.63) is 81.9 Å². The normalized spacial score (nSPS) is 15.4. The fraction of sp³-hybridized carbons (Fsp3) is 0.346. The lowest BCUT2D eigenvalue weighted by atomic mass is 9.78. The smallest absolute Gasteiger partial charge is 0.306 e. The third kappa shape index (κ3) is 5.13. The Morgan fingerprint density at radius 3 is 2.52 bits per heavy atom. The number of pyridine rings is 1. The first-order valence-corrected chi connectivity index (χ1v) is 11.3. The highest BCUT2D eigenvalue weighted by atomic mass is 19.1. The van der Waals surface area contributed by atoms with Crippen LogP contribution in [0.2, 0.25) is 0 Å². The van der Waals surface area contributed by atoms with Crippen molar-refractivity contribution in [3.8, 4) is 0 Å². The van der Waals surface area contributed by atoms with Crippen LogP contribution in [0.15, 0.2) is 59.4 Å². The van der Waals surface area contributed by atoms with E-state index in [4.69, 9.17) is 4.74 Å². The van der Waals surface area contributed by atoms with Gasteiger partial charge < -0.3 is 14.6 Å². The number of rotatable bonds is 6. The van der Waals surface area contributed by atoms with Gasteiger partial charge in [0.25, 0.3) is 5.91 Å². The molecule has 0 radical (unpaired) electrons. The van der Waals surface area contributed by atoms with Gasteiger partial charge in [0.1, 0.15) is 5.82 Å². The molecule has 0 aliphatic carbocycles. The number of H-pyrrole nitrogens is 1. The summed E-state index contributed by atoms with van der Waals surface area (Å²) in [5, 5.41) is 0.718. The van der Waals surface area contributed by atoms with E-state index in [0.717, 1.165) is 10.9 Å². The molecule has 0 saturated carbocycles. The number of para-hydroxylation sites is 1. The maximum absolute atomic E-state index is 13.5. The molecule has 0 unspecified atom stereocenters. The van der Waals surface area contributed by atoms with Crippen molar-refractivity contribution in [2.45, 2.75) is 32.1 Å². The zero-order valence-corrected chi connectivity index (χ0v) is 18.6. The lowest BCUT2D eigenvalue weighted by molar-refractivity contribution is -0.144. The Balaban J connectivity index is 1.51. The third-order valence-electron chi connectivity index (χ3n) is 6.37. The quantitative estimate of drug-likeness (QED) is 0.569. The number of carbonyl (C=O) groups excluding carboxylic acids is 2. The zero-order valence-electron chi connectivity index (χ0n) is 18.6. The van der Waals surface area contributed by atoms with Gasteiger partial charge in [0, 0.05) is 30.1 Å². The Morgan fingerprint density at radius 2 is 1.82 bits per heavy atom. The van der Waals surface area contributed by atoms with Gasteiger partial charge in [-0.05, 0) is 55.4 Å². The summed E-state index contributed by atoms with van der Waals surface area (Å²) in [7, 11) is 0. The first-order valence-electron chi connectivity index (χ1n) is 11.3. The molecular weight excluding hydrogens is 423 g/mol. The van der Waals surface area contributed by atoms with Crippen LogP contribution in [-0.4, -0.2) is 41.5 Å². The molecule has 1 fully saturated rings. The number of hydrogen-bond donors (Lipinski definition) is 1. The van der Waals surface area contributed by atoms with Crippen molar-refractivity contribution in [2.24, 2.45) is 5.92 Å². The number of benzene rings is 2. The molecule has 1 aliphatic heterocycles. The summed E-state index contributed by atoms with van der Waals surface area (Å²) in [5.41, 5.74) is 1.62. The number of aromatic nitrogens is 1. The van der Waals surface area contributed by atoms with Crippen molar-refractivity contribution >= 4 is 22.8 Å². The lowest BCUT2D eigenvalue weighted by Crippen LogP contribution is -2.40. The van der Waals surface area contributed by atoms with E-state index in [9.17, 15) is 18.8 Å². The third-order valence-corrected chi connectivity index (χ3v) is 6.37. The highest BCUT2D eigenvalue weighted by Gasteiger charge is 2.32. The predicted molar refractivity (Wildman–Crippen MR) is 124 cm³/mol. The standard InChI is InChI=1S/C26H27FN2O4/c1-2-33-25(31)16-21(17-7-9-19(27)10-8-17)18-11-13-29(14-12-18)26(32)22-15-24(30)28-23-6-4-3-5-20(22)23/h3-10,15,18,21H,2,11-14,16H2,1H3,(H,28,30)/t21-/m1/s1. The second kappa shape index (κ2) is 9.98. The second-order valence-electron chi connectivity index (χ2n) is 8.39. The number of aromatic amines is 1. The molecule has 1 aliphatic rings. The first-order chi connectivity index (χ1) is 16.0. The summed E-state index contributed by atoms with van der Waals surface area (Å²) >= 11 is 0. The summed E-state index contributed by atoms with van der Waals surface area (Å²) < 4.78 is 18.6. The van der Waals surface area contributed by atoms with Gasteiger partial charge in [0.05, 0.1) is 18.6 Å². The Morgan fingerprint density at radius 1 is 1.12 bits per heavy atom. The fourth-order valence-corrected chi connectivity index (χ4v) is 4.72.